The number of nitrogens with two attached hydrogens (primary N) is 1. The Morgan fingerprint density at radius 2 is 2.24 bits per heavy atom. The molecule has 0 aliphatic carbocycles. The Labute approximate surface area is 122 Å². The third-order valence-corrected chi connectivity index (χ3v) is 3.09. The minimum atomic E-state index is -0.382. The summed E-state index contributed by atoms with van der Waals surface area (Å²) in [6, 6.07) is 8.39. The monoisotopic (exact) mass is 288 g/mol. The first-order valence-corrected chi connectivity index (χ1v) is 6.56. The first-order valence-electron chi connectivity index (χ1n) is 6.56. The number of benzene rings is 1. The third kappa shape index (κ3) is 4.25. The molecule has 0 atom stereocenters. The molecular weight excluding hydrogens is 271 g/mol. The summed E-state index contributed by atoms with van der Waals surface area (Å²) >= 11 is 0. The van der Waals surface area contributed by atoms with Crippen LogP contribution in [0, 0.1) is 5.82 Å². The van der Waals surface area contributed by atoms with E-state index < -0.39 is 0 Å². The van der Waals surface area contributed by atoms with Crippen molar-refractivity contribution in [3.8, 4) is 0 Å². The van der Waals surface area contributed by atoms with Gasteiger partial charge in [0.05, 0.1) is 0 Å². The highest BCUT2D eigenvalue weighted by atomic mass is 19.1. The SMILES string of the molecule is NC(=NO)c1ccc(CNCCc2cccnc2)c(F)c1. The number of aromatic nitrogens is 1. The Balaban J connectivity index is 1.86. The molecule has 0 saturated heterocycles. The van der Waals surface area contributed by atoms with Gasteiger partial charge in [-0.25, -0.2) is 4.39 Å². The van der Waals surface area contributed by atoms with Gasteiger partial charge in [0.2, 0.25) is 0 Å². The Morgan fingerprint density at radius 1 is 1.38 bits per heavy atom. The van der Waals surface area contributed by atoms with E-state index in [9.17, 15) is 4.39 Å². The van der Waals surface area contributed by atoms with E-state index in [0.29, 0.717) is 17.7 Å². The van der Waals surface area contributed by atoms with Crippen LogP contribution >= 0.6 is 0 Å². The maximum atomic E-state index is 13.9. The summed E-state index contributed by atoms with van der Waals surface area (Å²) < 4.78 is 13.9. The van der Waals surface area contributed by atoms with Crippen LogP contribution in [-0.2, 0) is 13.0 Å². The van der Waals surface area contributed by atoms with Crippen LogP contribution < -0.4 is 11.1 Å². The lowest BCUT2D eigenvalue weighted by molar-refractivity contribution is 0.318. The molecule has 0 unspecified atom stereocenters. The van der Waals surface area contributed by atoms with Crippen LogP contribution in [0.3, 0.4) is 0 Å². The highest BCUT2D eigenvalue weighted by molar-refractivity contribution is 5.97. The van der Waals surface area contributed by atoms with Crippen LogP contribution in [0.4, 0.5) is 4.39 Å². The van der Waals surface area contributed by atoms with Gasteiger partial charge in [-0.15, -0.1) is 0 Å². The highest BCUT2D eigenvalue weighted by Crippen LogP contribution is 2.10. The Morgan fingerprint density at radius 3 is 2.90 bits per heavy atom. The number of oxime groups is 1. The largest absolute Gasteiger partial charge is 0.409 e. The molecule has 0 saturated carbocycles. The van der Waals surface area contributed by atoms with E-state index in [0.717, 1.165) is 18.5 Å². The maximum Gasteiger partial charge on any atom is 0.170 e. The Bertz CT molecular complexity index is 616. The molecule has 1 aromatic heterocycles. The number of hydrogen-bond acceptors (Lipinski definition) is 4. The second-order valence-electron chi connectivity index (χ2n) is 4.58. The first-order chi connectivity index (χ1) is 10.2. The number of halogens is 1. The van der Waals surface area contributed by atoms with E-state index in [1.165, 1.54) is 6.07 Å². The van der Waals surface area contributed by atoms with Gasteiger partial charge in [0, 0.05) is 30.1 Å². The van der Waals surface area contributed by atoms with Crippen molar-refractivity contribution in [1.82, 2.24) is 10.3 Å². The fraction of sp³-hybridized carbons (Fsp3) is 0.200. The predicted molar refractivity (Wildman–Crippen MR) is 78.6 cm³/mol. The van der Waals surface area contributed by atoms with Gasteiger partial charge in [0.1, 0.15) is 5.82 Å². The Kier molecular flexibility index (Phi) is 5.22. The van der Waals surface area contributed by atoms with Crippen molar-refractivity contribution in [3.05, 3.63) is 65.2 Å². The number of amidine groups is 1. The highest BCUT2D eigenvalue weighted by Gasteiger charge is 2.06. The number of rotatable bonds is 6. The molecule has 110 valence electrons. The normalized spacial score (nSPS) is 11.6. The molecule has 2 aromatic rings. The number of nitrogens with zero attached hydrogens (tertiary/aromatic N) is 2. The fourth-order valence-corrected chi connectivity index (χ4v) is 1.91. The first kappa shape index (κ1) is 14.9. The van der Waals surface area contributed by atoms with Gasteiger partial charge in [-0.2, -0.15) is 0 Å². The molecule has 0 bridgehead atoms. The zero-order chi connectivity index (χ0) is 15.1. The molecular formula is C15H17FN4O. The van der Waals surface area contributed by atoms with Gasteiger partial charge >= 0.3 is 0 Å². The van der Waals surface area contributed by atoms with Gasteiger partial charge < -0.3 is 16.3 Å². The second-order valence-corrected chi connectivity index (χ2v) is 4.58. The molecule has 0 spiro atoms. The summed E-state index contributed by atoms with van der Waals surface area (Å²) in [4.78, 5) is 4.04. The zero-order valence-electron chi connectivity index (χ0n) is 11.5. The van der Waals surface area contributed by atoms with Gasteiger partial charge in [0.25, 0.3) is 0 Å². The quantitative estimate of drug-likeness (QED) is 0.248. The van der Waals surface area contributed by atoms with E-state index in [4.69, 9.17) is 10.9 Å². The van der Waals surface area contributed by atoms with E-state index in [1.807, 2.05) is 18.3 Å². The topological polar surface area (TPSA) is 83.5 Å². The molecule has 6 heteroatoms. The number of nitrogens with one attached hydrogen (secondary N) is 1. The van der Waals surface area contributed by atoms with Crippen molar-refractivity contribution in [2.24, 2.45) is 10.9 Å². The van der Waals surface area contributed by atoms with Gasteiger partial charge in [-0.1, -0.05) is 23.4 Å². The number of pyridine rings is 1. The summed E-state index contributed by atoms with van der Waals surface area (Å²) in [5.74, 6) is -0.488. The maximum absolute atomic E-state index is 13.9. The average molecular weight is 288 g/mol. The van der Waals surface area contributed by atoms with Gasteiger partial charge in [-0.05, 0) is 30.7 Å². The third-order valence-electron chi connectivity index (χ3n) is 3.09. The summed E-state index contributed by atoms with van der Waals surface area (Å²) in [6.45, 7) is 1.15. The molecule has 21 heavy (non-hydrogen) atoms. The van der Waals surface area contributed by atoms with Crippen molar-refractivity contribution in [1.29, 1.82) is 0 Å². The molecule has 4 N–H and O–H groups in total. The molecule has 0 aliphatic rings. The lowest BCUT2D eigenvalue weighted by Crippen LogP contribution is -2.18. The summed E-state index contributed by atoms with van der Waals surface area (Å²) in [6.07, 6.45) is 4.38. The minimum Gasteiger partial charge on any atom is -0.409 e. The van der Waals surface area contributed by atoms with Gasteiger partial charge in [0.15, 0.2) is 5.84 Å². The van der Waals surface area contributed by atoms with Crippen molar-refractivity contribution >= 4 is 5.84 Å². The van der Waals surface area contributed by atoms with Crippen LogP contribution in [0.1, 0.15) is 16.7 Å². The summed E-state index contributed by atoms with van der Waals surface area (Å²) in [5, 5.41) is 14.6. The van der Waals surface area contributed by atoms with Crippen LogP contribution in [0.5, 0.6) is 0 Å². The molecule has 5 nitrogen and oxygen atoms in total. The predicted octanol–water partition coefficient (Wildman–Crippen LogP) is 1.65. The smallest absolute Gasteiger partial charge is 0.170 e. The standard InChI is InChI=1S/C15H17FN4O/c16-14-8-12(15(17)20-21)3-4-13(14)10-19-7-5-11-2-1-6-18-9-11/h1-4,6,8-9,19,21H,5,7,10H2,(H2,17,20). The second kappa shape index (κ2) is 7.35. The van der Waals surface area contributed by atoms with Crippen LogP contribution in [0.25, 0.3) is 0 Å². The molecule has 0 radical (unpaired) electrons. The number of hydrogen-bond donors (Lipinski definition) is 3. The van der Waals surface area contributed by atoms with E-state index >= 15 is 0 Å². The van der Waals surface area contributed by atoms with E-state index in [2.05, 4.69) is 15.5 Å². The zero-order valence-corrected chi connectivity index (χ0v) is 11.5. The lowest BCUT2D eigenvalue weighted by Gasteiger charge is -2.07. The Hall–Kier alpha value is -2.47. The van der Waals surface area contributed by atoms with Crippen molar-refractivity contribution < 1.29 is 9.60 Å². The molecule has 0 aliphatic heterocycles. The van der Waals surface area contributed by atoms with E-state index in [-0.39, 0.29) is 11.7 Å². The molecule has 1 aromatic carbocycles. The molecule has 2 rings (SSSR count). The minimum absolute atomic E-state index is 0.106. The van der Waals surface area contributed by atoms with Crippen molar-refractivity contribution in [3.63, 3.8) is 0 Å². The summed E-state index contributed by atoms with van der Waals surface area (Å²) in [5.41, 5.74) is 7.44. The average Bonchev–Trinajstić information content (AvgIpc) is 2.53. The summed E-state index contributed by atoms with van der Waals surface area (Å²) in [7, 11) is 0. The van der Waals surface area contributed by atoms with Crippen molar-refractivity contribution in [2.45, 2.75) is 13.0 Å². The fourth-order valence-electron chi connectivity index (χ4n) is 1.91. The molecule has 0 amide bonds. The lowest BCUT2D eigenvalue weighted by atomic mass is 10.1. The molecule has 1 heterocycles. The van der Waals surface area contributed by atoms with Crippen LogP contribution in [0.2, 0.25) is 0 Å². The van der Waals surface area contributed by atoms with Crippen LogP contribution in [0.15, 0.2) is 47.9 Å². The van der Waals surface area contributed by atoms with E-state index in [1.54, 1.807) is 18.3 Å². The van der Waals surface area contributed by atoms with Crippen molar-refractivity contribution in [2.75, 3.05) is 6.54 Å². The van der Waals surface area contributed by atoms with Crippen LogP contribution in [-0.4, -0.2) is 22.6 Å². The molecule has 0 fully saturated rings. The van der Waals surface area contributed by atoms with Gasteiger partial charge in [-0.3, -0.25) is 4.98 Å².